The van der Waals surface area contributed by atoms with Crippen molar-refractivity contribution in [2.24, 2.45) is 5.92 Å². The number of rotatable bonds is 6. The molecule has 1 heterocycles. The molecule has 1 aromatic heterocycles. The molecule has 0 radical (unpaired) electrons. The second kappa shape index (κ2) is 5.78. The molecule has 74 valence electrons. The molecule has 1 atom stereocenters. The van der Waals surface area contributed by atoms with Gasteiger partial charge in [-0.3, -0.25) is 0 Å². The van der Waals surface area contributed by atoms with E-state index < -0.39 is 0 Å². The third-order valence-corrected chi connectivity index (χ3v) is 1.95. The lowest BCUT2D eigenvalue weighted by Gasteiger charge is -2.10. The van der Waals surface area contributed by atoms with E-state index in [9.17, 15) is 0 Å². The first kappa shape index (κ1) is 10.3. The summed E-state index contributed by atoms with van der Waals surface area (Å²) in [7, 11) is 1.98. The Balaban J connectivity index is 2.07. The van der Waals surface area contributed by atoms with Gasteiger partial charge >= 0.3 is 0 Å². The van der Waals surface area contributed by atoms with Gasteiger partial charge in [0.15, 0.2) is 0 Å². The molecule has 13 heavy (non-hydrogen) atoms. The van der Waals surface area contributed by atoms with Crippen LogP contribution in [0.4, 0.5) is 0 Å². The van der Waals surface area contributed by atoms with Crippen LogP contribution in [0.2, 0.25) is 0 Å². The summed E-state index contributed by atoms with van der Waals surface area (Å²) in [6.07, 6.45) is 3.48. The topological polar surface area (TPSA) is 37.2 Å². The molecule has 1 aromatic rings. The molecule has 0 aromatic carbocycles. The van der Waals surface area contributed by atoms with E-state index in [0.29, 0.717) is 5.92 Å². The fourth-order valence-corrected chi connectivity index (χ4v) is 1.28. The lowest BCUT2D eigenvalue weighted by Crippen LogP contribution is -2.27. The van der Waals surface area contributed by atoms with Crippen LogP contribution in [-0.4, -0.2) is 20.1 Å². The largest absolute Gasteiger partial charge is 0.472 e. The molecule has 0 saturated carbocycles. The zero-order chi connectivity index (χ0) is 9.52. The second-order valence-electron chi connectivity index (χ2n) is 3.43. The van der Waals surface area contributed by atoms with E-state index in [4.69, 9.17) is 4.42 Å². The van der Waals surface area contributed by atoms with Gasteiger partial charge < -0.3 is 15.1 Å². The first-order valence-electron chi connectivity index (χ1n) is 4.69. The minimum atomic E-state index is 0.664. The molecule has 1 rings (SSSR count). The molecule has 1 unspecified atom stereocenters. The molecule has 0 bridgehead atoms. The highest BCUT2D eigenvalue weighted by Crippen LogP contribution is 1.99. The maximum atomic E-state index is 4.97. The Bertz CT molecular complexity index is 209. The van der Waals surface area contributed by atoms with Gasteiger partial charge in [-0.25, -0.2) is 0 Å². The third kappa shape index (κ3) is 4.10. The molecule has 0 spiro atoms. The Kier molecular flexibility index (Phi) is 4.57. The van der Waals surface area contributed by atoms with Crippen LogP contribution < -0.4 is 10.6 Å². The fraction of sp³-hybridized carbons (Fsp3) is 0.600. The van der Waals surface area contributed by atoms with Gasteiger partial charge in [-0.2, -0.15) is 0 Å². The molecule has 3 heteroatoms. The summed E-state index contributed by atoms with van der Waals surface area (Å²) in [5.41, 5.74) is 1.21. The van der Waals surface area contributed by atoms with Gasteiger partial charge in [0.2, 0.25) is 0 Å². The summed E-state index contributed by atoms with van der Waals surface area (Å²) < 4.78 is 4.97. The Hall–Kier alpha value is -0.800. The van der Waals surface area contributed by atoms with Crippen LogP contribution in [-0.2, 0) is 6.54 Å². The first-order chi connectivity index (χ1) is 6.33. The molecule has 0 amide bonds. The minimum Gasteiger partial charge on any atom is -0.472 e. The Morgan fingerprint density at radius 2 is 2.31 bits per heavy atom. The van der Waals surface area contributed by atoms with E-state index in [-0.39, 0.29) is 0 Å². The number of furan rings is 1. The predicted molar refractivity (Wildman–Crippen MR) is 53.5 cm³/mol. The van der Waals surface area contributed by atoms with Crippen LogP contribution in [0.25, 0.3) is 0 Å². The summed E-state index contributed by atoms with van der Waals surface area (Å²) in [5.74, 6) is 0.664. The zero-order valence-corrected chi connectivity index (χ0v) is 8.34. The first-order valence-corrected chi connectivity index (χ1v) is 4.69. The Labute approximate surface area is 79.5 Å². The molecule has 0 aliphatic heterocycles. The van der Waals surface area contributed by atoms with Gasteiger partial charge in [0.05, 0.1) is 12.5 Å². The van der Waals surface area contributed by atoms with Gasteiger partial charge in [0.1, 0.15) is 0 Å². The monoisotopic (exact) mass is 182 g/mol. The molecule has 0 saturated heterocycles. The van der Waals surface area contributed by atoms with Crippen LogP contribution in [0.1, 0.15) is 12.5 Å². The van der Waals surface area contributed by atoms with Crippen LogP contribution >= 0.6 is 0 Å². The number of hydrogen-bond acceptors (Lipinski definition) is 3. The predicted octanol–water partition coefficient (Wildman–Crippen LogP) is 1.22. The smallest absolute Gasteiger partial charge is 0.0947 e. The van der Waals surface area contributed by atoms with Crippen LogP contribution in [0.3, 0.4) is 0 Å². The van der Waals surface area contributed by atoms with Crippen molar-refractivity contribution in [2.45, 2.75) is 13.5 Å². The highest BCUT2D eigenvalue weighted by Gasteiger charge is 1.99. The maximum Gasteiger partial charge on any atom is 0.0947 e. The average Bonchev–Trinajstić information content (AvgIpc) is 2.57. The standard InChI is InChI=1S/C10H18N2O/c1-9(5-11-2)6-12-7-10-3-4-13-8-10/h3-4,8-9,11-12H,5-7H2,1-2H3. The summed E-state index contributed by atoms with van der Waals surface area (Å²) in [6.45, 7) is 5.20. The normalized spacial score (nSPS) is 13.1. The van der Waals surface area contributed by atoms with E-state index >= 15 is 0 Å². The van der Waals surface area contributed by atoms with Crippen molar-refractivity contribution in [3.05, 3.63) is 24.2 Å². The van der Waals surface area contributed by atoms with E-state index in [1.807, 2.05) is 13.1 Å². The Morgan fingerprint density at radius 1 is 1.46 bits per heavy atom. The molecule has 0 aliphatic carbocycles. The summed E-state index contributed by atoms with van der Waals surface area (Å²) in [5, 5.41) is 6.52. The molecule has 0 fully saturated rings. The lowest BCUT2D eigenvalue weighted by atomic mass is 10.2. The molecule has 2 N–H and O–H groups in total. The Morgan fingerprint density at radius 3 is 2.92 bits per heavy atom. The van der Waals surface area contributed by atoms with E-state index in [2.05, 4.69) is 17.6 Å². The van der Waals surface area contributed by atoms with Crippen LogP contribution in [0.15, 0.2) is 23.0 Å². The van der Waals surface area contributed by atoms with Gasteiger partial charge in [-0.15, -0.1) is 0 Å². The average molecular weight is 182 g/mol. The lowest BCUT2D eigenvalue weighted by molar-refractivity contribution is 0.489. The van der Waals surface area contributed by atoms with Gasteiger partial charge in [0.25, 0.3) is 0 Å². The van der Waals surface area contributed by atoms with Crippen molar-refractivity contribution in [2.75, 3.05) is 20.1 Å². The van der Waals surface area contributed by atoms with Crippen molar-refractivity contribution in [1.29, 1.82) is 0 Å². The van der Waals surface area contributed by atoms with Crippen molar-refractivity contribution >= 4 is 0 Å². The second-order valence-corrected chi connectivity index (χ2v) is 3.43. The zero-order valence-electron chi connectivity index (χ0n) is 8.34. The minimum absolute atomic E-state index is 0.664. The summed E-state index contributed by atoms with van der Waals surface area (Å²) in [6, 6.07) is 1.98. The summed E-state index contributed by atoms with van der Waals surface area (Å²) >= 11 is 0. The molecule has 0 aliphatic rings. The number of hydrogen-bond donors (Lipinski definition) is 2. The van der Waals surface area contributed by atoms with E-state index in [1.165, 1.54) is 5.56 Å². The molecule has 3 nitrogen and oxygen atoms in total. The fourth-order valence-electron chi connectivity index (χ4n) is 1.28. The van der Waals surface area contributed by atoms with E-state index in [1.54, 1.807) is 12.5 Å². The van der Waals surface area contributed by atoms with Crippen molar-refractivity contribution in [3.63, 3.8) is 0 Å². The summed E-state index contributed by atoms with van der Waals surface area (Å²) in [4.78, 5) is 0. The van der Waals surface area contributed by atoms with Gasteiger partial charge in [-0.05, 0) is 32.1 Å². The molecular formula is C10H18N2O. The van der Waals surface area contributed by atoms with Crippen LogP contribution in [0, 0.1) is 5.92 Å². The maximum absolute atomic E-state index is 4.97. The highest BCUT2D eigenvalue weighted by molar-refractivity contribution is 5.04. The van der Waals surface area contributed by atoms with Crippen molar-refractivity contribution < 1.29 is 4.42 Å². The quantitative estimate of drug-likeness (QED) is 0.694. The van der Waals surface area contributed by atoms with Crippen molar-refractivity contribution in [3.8, 4) is 0 Å². The highest BCUT2D eigenvalue weighted by atomic mass is 16.3. The van der Waals surface area contributed by atoms with Gasteiger partial charge in [0, 0.05) is 12.1 Å². The SMILES string of the molecule is CNCC(C)CNCc1ccoc1. The number of nitrogens with one attached hydrogen (secondary N) is 2. The van der Waals surface area contributed by atoms with Crippen molar-refractivity contribution in [1.82, 2.24) is 10.6 Å². The third-order valence-electron chi connectivity index (χ3n) is 1.95. The van der Waals surface area contributed by atoms with E-state index in [0.717, 1.165) is 19.6 Å². The van der Waals surface area contributed by atoms with Crippen LogP contribution in [0.5, 0.6) is 0 Å². The van der Waals surface area contributed by atoms with Gasteiger partial charge in [-0.1, -0.05) is 6.92 Å². The molecular weight excluding hydrogens is 164 g/mol.